The molecular weight excluding hydrogens is 322 g/mol. The van der Waals surface area contributed by atoms with Crippen molar-refractivity contribution in [1.29, 1.82) is 0 Å². The molecule has 0 bridgehead atoms. The number of para-hydroxylation sites is 1. The van der Waals surface area contributed by atoms with Crippen molar-refractivity contribution in [3.63, 3.8) is 0 Å². The minimum Gasteiger partial charge on any atom is -0.317 e. The summed E-state index contributed by atoms with van der Waals surface area (Å²) in [4.78, 5) is 17.3. The predicted molar refractivity (Wildman–Crippen MR) is 104 cm³/mol. The molecule has 0 spiro atoms. The van der Waals surface area contributed by atoms with Crippen LogP contribution < -0.4 is 10.2 Å². The van der Waals surface area contributed by atoms with Crippen LogP contribution in [0, 0.1) is 0 Å². The van der Waals surface area contributed by atoms with Crippen LogP contribution in [0.3, 0.4) is 0 Å². The molecule has 1 N–H and O–H groups in total. The molecule has 1 heterocycles. The van der Waals surface area contributed by atoms with Gasteiger partial charge in [0.2, 0.25) is 5.91 Å². The largest absolute Gasteiger partial charge is 0.317 e. The second-order valence-electron chi connectivity index (χ2n) is 6.64. The first-order chi connectivity index (χ1) is 11.1. The summed E-state index contributed by atoms with van der Waals surface area (Å²) in [6.45, 7) is 10.00. The molecule has 1 aromatic rings. The average molecular weight is 354 g/mol. The second-order valence-corrected chi connectivity index (χ2v) is 6.64. The van der Waals surface area contributed by atoms with Gasteiger partial charge in [0.15, 0.2) is 0 Å². The number of hydrogen-bond donors (Lipinski definition) is 1. The maximum atomic E-state index is 13.0. The first kappa shape index (κ1) is 20.9. The quantitative estimate of drug-likeness (QED) is 0.816. The van der Waals surface area contributed by atoms with E-state index in [0.29, 0.717) is 12.6 Å². The molecule has 5 heteroatoms. The first-order valence-corrected chi connectivity index (χ1v) is 8.95. The standard InChI is InChI=1S/C19H31N3O.ClH/c1-4-14-21(17-10-12-20-13-11-17)15-19(23)22(16(2)3)18-8-6-5-7-9-18;/h5-9,16-17,20H,4,10-15H2,1-3H3;1H. The molecule has 1 fully saturated rings. The Labute approximate surface area is 153 Å². The number of rotatable bonds is 7. The topological polar surface area (TPSA) is 35.6 Å². The fraction of sp³-hybridized carbons (Fsp3) is 0.632. The molecule has 1 amide bonds. The van der Waals surface area contributed by atoms with E-state index in [2.05, 4.69) is 31.0 Å². The Morgan fingerprint density at radius 2 is 1.83 bits per heavy atom. The first-order valence-electron chi connectivity index (χ1n) is 8.95. The van der Waals surface area contributed by atoms with Crippen LogP contribution in [0.1, 0.15) is 40.0 Å². The van der Waals surface area contributed by atoms with Crippen LogP contribution in [0.4, 0.5) is 5.69 Å². The fourth-order valence-electron chi connectivity index (χ4n) is 3.42. The van der Waals surface area contributed by atoms with E-state index >= 15 is 0 Å². The molecule has 0 aliphatic carbocycles. The highest BCUT2D eigenvalue weighted by Crippen LogP contribution is 2.19. The lowest BCUT2D eigenvalue weighted by molar-refractivity contribution is -0.120. The number of anilines is 1. The second kappa shape index (κ2) is 10.7. The van der Waals surface area contributed by atoms with Crippen LogP contribution >= 0.6 is 12.4 Å². The number of benzene rings is 1. The van der Waals surface area contributed by atoms with Crippen molar-refractivity contribution in [3.05, 3.63) is 30.3 Å². The van der Waals surface area contributed by atoms with Crippen LogP contribution in [-0.4, -0.2) is 49.1 Å². The lowest BCUT2D eigenvalue weighted by atomic mass is 10.0. The van der Waals surface area contributed by atoms with Crippen LogP contribution in [0.25, 0.3) is 0 Å². The van der Waals surface area contributed by atoms with E-state index in [1.165, 1.54) is 0 Å². The Hall–Kier alpha value is -1.10. The van der Waals surface area contributed by atoms with E-state index in [-0.39, 0.29) is 24.4 Å². The van der Waals surface area contributed by atoms with Gasteiger partial charge < -0.3 is 10.2 Å². The van der Waals surface area contributed by atoms with Gasteiger partial charge in [-0.05, 0) is 64.9 Å². The summed E-state index contributed by atoms with van der Waals surface area (Å²) >= 11 is 0. The highest BCUT2D eigenvalue weighted by molar-refractivity contribution is 5.95. The van der Waals surface area contributed by atoms with Crippen LogP contribution in [0.5, 0.6) is 0 Å². The predicted octanol–water partition coefficient (Wildman–Crippen LogP) is 3.31. The molecule has 136 valence electrons. The summed E-state index contributed by atoms with van der Waals surface area (Å²) in [5.41, 5.74) is 0.995. The number of amides is 1. The van der Waals surface area contributed by atoms with E-state index < -0.39 is 0 Å². The van der Waals surface area contributed by atoms with Crippen molar-refractivity contribution in [2.45, 2.75) is 52.1 Å². The summed E-state index contributed by atoms with van der Waals surface area (Å²) in [7, 11) is 0. The molecule has 1 aromatic carbocycles. The van der Waals surface area contributed by atoms with Gasteiger partial charge in [-0.15, -0.1) is 12.4 Å². The average Bonchev–Trinajstić information content (AvgIpc) is 2.56. The zero-order valence-corrected chi connectivity index (χ0v) is 16.0. The van der Waals surface area contributed by atoms with Crippen molar-refractivity contribution < 1.29 is 4.79 Å². The smallest absolute Gasteiger partial charge is 0.241 e. The molecule has 1 aliphatic rings. The lowest BCUT2D eigenvalue weighted by Gasteiger charge is -2.36. The number of halogens is 1. The highest BCUT2D eigenvalue weighted by Gasteiger charge is 2.26. The van der Waals surface area contributed by atoms with Gasteiger partial charge in [-0.3, -0.25) is 9.69 Å². The number of nitrogens with one attached hydrogen (secondary N) is 1. The van der Waals surface area contributed by atoms with Gasteiger partial charge in [-0.2, -0.15) is 0 Å². The Balaban J connectivity index is 0.00000288. The van der Waals surface area contributed by atoms with Crippen molar-refractivity contribution in [2.75, 3.05) is 31.1 Å². The SMILES string of the molecule is CCCN(CC(=O)N(c1ccccc1)C(C)C)C1CCNCC1.Cl. The van der Waals surface area contributed by atoms with E-state index in [1.54, 1.807) is 0 Å². The van der Waals surface area contributed by atoms with E-state index in [4.69, 9.17) is 0 Å². The van der Waals surface area contributed by atoms with Gasteiger partial charge >= 0.3 is 0 Å². The molecule has 0 aromatic heterocycles. The molecular formula is C19H32ClN3O. The number of carbonyl (C=O) groups is 1. The van der Waals surface area contributed by atoms with E-state index in [9.17, 15) is 4.79 Å². The zero-order valence-electron chi connectivity index (χ0n) is 15.2. The van der Waals surface area contributed by atoms with Crippen LogP contribution in [0.15, 0.2) is 30.3 Å². The Kier molecular flexibility index (Phi) is 9.34. The highest BCUT2D eigenvalue weighted by atomic mass is 35.5. The van der Waals surface area contributed by atoms with Crippen LogP contribution in [0.2, 0.25) is 0 Å². The maximum absolute atomic E-state index is 13.0. The summed E-state index contributed by atoms with van der Waals surface area (Å²) in [5, 5.41) is 3.41. The zero-order chi connectivity index (χ0) is 16.7. The third-order valence-electron chi connectivity index (χ3n) is 4.49. The molecule has 0 unspecified atom stereocenters. The van der Waals surface area contributed by atoms with E-state index in [1.807, 2.05) is 35.2 Å². The molecule has 1 aliphatic heterocycles. The van der Waals surface area contributed by atoms with Gasteiger partial charge in [0.1, 0.15) is 0 Å². The summed E-state index contributed by atoms with van der Waals surface area (Å²) in [6.07, 6.45) is 3.37. The monoisotopic (exact) mass is 353 g/mol. The van der Waals surface area contributed by atoms with Gasteiger partial charge in [-0.1, -0.05) is 25.1 Å². The van der Waals surface area contributed by atoms with E-state index in [0.717, 1.165) is 44.6 Å². The summed E-state index contributed by atoms with van der Waals surface area (Å²) < 4.78 is 0. The molecule has 1 saturated heterocycles. The van der Waals surface area contributed by atoms with Gasteiger partial charge in [-0.25, -0.2) is 0 Å². The molecule has 24 heavy (non-hydrogen) atoms. The normalized spacial score (nSPS) is 15.4. The lowest BCUT2D eigenvalue weighted by Crippen LogP contribution is -2.49. The van der Waals surface area contributed by atoms with Crippen molar-refractivity contribution >= 4 is 24.0 Å². The Morgan fingerprint density at radius 3 is 2.38 bits per heavy atom. The summed E-state index contributed by atoms with van der Waals surface area (Å²) in [6, 6.07) is 10.7. The van der Waals surface area contributed by atoms with Crippen LogP contribution in [-0.2, 0) is 4.79 Å². The molecule has 0 atom stereocenters. The number of piperidine rings is 1. The molecule has 4 nitrogen and oxygen atoms in total. The maximum Gasteiger partial charge on any atom is 0.241 e. The minimum absolute atomic E-state index is 0. The Morgan fingerprint density at radius 1 is 1.21 bits per heavy atom. The molecule has 0 radical (unpaired) electrons. The number of nitrogens with zero attached hydrogens (tertiary/aromatic N) is 2. The number of hydrogen-bond acceptors (Lipinski definition) is 3. The Bertz CT molecular complexity index is 475. The van der Waals surface area contributed by atoms with Gasteiger partial charge in [0, 0.05) is 17.8 Å². The minimum atomic E-state index is 0. The third kappa shape index (κ3) is 5.76. The summed E-state index contributed by atoms with van der Waals surface area (Å²) in [5.74, 6) is 0.207. The molecule has 0 saturated carbocycles. The van der Waals surface area contributed by atoms with Gasteiger partial charge in [0.25, 0.3) is 0 Å². The number of carbonyl (C=O) groups excluding carboxylic acids is 1. The van der Waals surface area contributed by atoms with Crippen molar-refractivity contribution in [3.8, 4) is 0 Å². The third-order valence-corrected chi connectivity index (χ3v) is 4.49. The fourth-order valence-corrected chi connectivity index (χ4v) is 3.42. The van der Waals surface area contributed by atoms with Gasteiger partial charge in [0.05, 0.1) is 6.54 Å². The van der Waals surface area contributed by atoms with Crippen molar-refractivity contribution in [2.24, 2.45) is 0 Å². The molecule has 2 rings (SSSR count). The van der Waals surface area contributed by atoms with Crippen molar-refractivity contribution in [1.82, 2.24) is 10.2 Å².